The number of anilines is 1. The zero-order valence-electron chi connectivity index (χ0n) is 8.91. The molecule has 2 atom stereocenters. The van der Waals surface area contributed by atoms with Gasteiger partial charge in [-0.1, -0.05) is 6.92 Å². The molecule has 2 unspecified atom stereocenters. The first kappa shape index (κ1) is 10.2. The van der Waals surface area contributed by atoms with Crippen LogP contribution in [0, 0.1) is 12.8 Å². The number of nitrogens with zero attached hydrogens (tertiary/aromatic N) is 1. The molecule has 1 aliphatic rings. The second-order valence-electron chi connectivity index (χ2n) is 3.98. The number of carbonyl (C=O) groups is 1. The van der Waals surface area contributed by atoms with Gasteiger partial charge < -0.3 is 9.73 Å². The molecular weight excluding hydrogens is 194 g/mol. The van der Waals surface area contributed by atoms with Crippen molar-refractivity contribution in [3.63, 3.8) is 0 Å². The molecule has 1 amide bonds. The van der Waals surface area contributed by atoms with Crippen LogP contribution in [-0.4, -0.2) is 23.5 Å². The van der Waals surface area contributed by atoms with Crippen molar-refractivity contribution in [3.8, 4) is 0 Å². The van der Waals surface area contributed by atoms with E-state index in [0.717, 1.165) is 18.7 Å². The lowest BCUT2D eigenvalue weighted by Crippen LogP contribution is -2.39. The van der Waals surface area contributed by atoms with E-state index in [0.29, 0.717) is 5.92 Å². The summed E-state index contributed by atoms with van der Waals surface area (Å²) in [6, 6.07) is 0.149. The van der Waals surface area contributed by atoms with Gasteiger partial charge in [-0.05, 0) is 25.8 Å². The summed E-state index contributed by atoms with van der Waals surface area (Å²) in [6.45, 7) is 4.77. The third-order valence-electron chi connectivity index (χ3n) is 2.66. The van der Waals surface area contributed by atoms with E-state index in [2.05, 4.69) is 22.5 Å². The minimum absolute atomic E-state index is 0.0677. The van der Waals surface area contributed by atoms with Crippen molar-refractivity contribution in [2.75, 3.05) is 11.9 Å². The van der Waals surface area contributed by atoms with Crippen molar-refractivity contribution in [1.29, 1.82) is 0 Å². The highest BCUT2D eigenvalue weighted by atomic mass is 16.4. The van der Waals surface area contributed by atoms with Crippen LogP contribution in [0.1, 0.15) is 19.0 Å². The Balaban J connectivity index is 1.97. The molecule has 2 rings (SSSR count). The molecule has 0 radical (unpaired) electrons. The van der Waals surface area contributed by atoms with Crippen molar-refractivity contribution in [2.24, 2.45) is 5.92 Å². The van der Waals surface area contributed by atoms with E-state index in [1.54, 1.807) is 0 Å². The van der Waals surface area contributed by atoms with E-state index in [1.165, 1.54) is 6.26 Å². The predicted molar refractivity (Wildman–Crippen MR) is 55.4 cm³/mol. The van der Waals surface area contributed by atoms with Crippen LogP contribution >= 0.6 is 0 Å². The van der Waals surface area contributed by atoms with Crippen LogP contribution in [0.4, 0.5) is 6.01 Å². The number of hydrogen-bond donors (Lipinski definition) is 2. The number of amides is 1. The van der Waals surface area contributed by atoms with Gasteiger partial charge in [0.25, 0.3) is 0 Å². The number of carbonyl (C=O) groups excluding carboxylic acids is 1. The molecule has 1 aromatic rings. The summed E-state index contributed by atoms with van der Waals surface area (Å²) in [5, 5.41) is 5.81. The molecule has 0 aromatic carbocycles. The summed E-state index contributed by atoms with van der Waals surface area (Å²) in [5.41, 5.74) is 0.762. The average Bonchev–Trinajstić information content (AvgIpc) is 2.75. The summed E-state index contributed by atoms with van der Waals surface area (Å²) in [5.74, 6) is 0.294. The maximum absolute atomic E-state index is 11.8. The van der Waals surface area contributed by atoms with Crippen LogP contribution in [0.3, 0.4) is 0 Å². The first-order valence-electron chi connectivity index (χ1n) is 5.13. The summed E-state index contributed by atoms with van der Waals surface area (Å²) >= 11 is 0. The van der Waals surface area contributed by atoms with Crippen LogP contribution in [0.15, 0.2) is 10.7 Å². The number of aromatic nitrogens is 1. The Morgan fingerprint density at radius 3 is 3.07 bits per heavy atom. The van der Waals surface area contributed by atoms with Gasteiger partial charge >= 0.3 is 6.01 Å². The quantitative estimate of drug-likeness (QED) is 0.760. The van der Waals surface area contributed by atoms with Gasteiger partial charge in [-0.15, -0.1) is 0 Å². The molecule has 1 fully saturated rings. The molecule has 15 heavy (non-hydrogen) atoms. The highest BCUT2D eigenvalue weighted by Gasteiger charge is 2.29. The van der Waals surface area contributed by atoms with Gasteiger partial charge in [0.2, 0.25) is 5.91 Å². The van der Waals surface area contributed by atoms with Gasteiger partial charge in [-0.3, -0.25) is 10.1 Å². The van der Waals surface area contributed by atoms with Crippen molar-refractivity contribution >= 4 is 11.9 Å². The van der Waals surface area contributed by atoms with Gasteiger partial charge in [0.1, 0.15) is 6.26 Å². The molecule has 82 valence electrons. The zero-order chi connectivity index (χ0) is 10.8. The SMILES string of the molecule is Cc1coc(NC(=O)C2NCCC2C)n1. The Morgan fingerprint density at radius 1 is 1.73 bits per heavy atom. The second kappa shape index (κ2) is 4.02. The van der Waals surface area contributed by atoms with E-state index in [-0.39, 0.29) is 18.0 Å². The van der Waals surface area contributed by atoms with E-state index in [4.69, 9.17) is 4.42 Å². The smallest absolute Gasteiger partial charge is 0.301 e. The minimum atomic E-state index is -0.128. The highest BCUT2D eigenvalue weighted by molar-refractivity contribution is 5.93. The van der Waals surface area contributed by atoms with Crippen molar-refractivity contribution < 1.29 is 9.21 Å². The Kier molecular flexibility index (Phi) is 2.73. The fourth-order valence-corrected chi connectivity index (χ4v) is 1.78. The Labute approximate surface area is 88.3 Å². The number of oxazole rings is 1. The molecule has 5 heteroatoms. The van der Waals surface area contributed by atoms with Crippen molar-refractivity contribution in [3.05, 3.63) is 12.0 Å². The van der Waals surface area contributed by atoms with Gasteiger partial charge in [0.05, 0.1) is 11.7 Å². The third-order valence-corrected chi connectivity index (χ3v) is 2.66. The Morgan fingerprint density at radius 2 is 2.53 bits per heavy atom. The van der Waals surface area contributed by atoms with E-state index in [9.17, 15) is 4.79 Å². The number of rotatable bonds is 2. The predicted octanol–water partition coefficient (Wildman–Crippen LogP) is 0.920. The van der Waals surface area contributed by atoms with Crippen LogP contribution in [-0.2, 0) is 4.79 Å². The third kappa shape index (κ3) is 2.18. The van der Waals surface area contributed by atoms with Gasteiger partial charge in [-0.2, -0.15) is 4.98 Å². The molecule has 2 heterocycles. The number of nitrogens with one attached hydrogen (secondary N) is 2. The molecule has 2 N–H and O–H groups in total. The summed E-state index contributed by atoms with van der Waals surface area (Å²) in [7, 11) is 0. The monoisotopic (exact) mass is 209 g/mol. The maximum atomic E-state index is 11.8. The molecule has 1 saturated heterocycles. The Bertz CT molecular complexity index is 361. The summed E-state index contributed by atoms with van der Waals surface area (Å²) in [4.78, 5) is 15.8. The normalized spacial score (nSPS) is 25.5. The first-order chi connectivity index (χ1) is 7.16. The average molecular weight is 209 g/mol. The topological polar surface area (TPSA) is 67.2 Å². The second-order valence-corrected chi connectivity index (χ2v) is 3.98. The molecular formula is C10H15N3O2. The van der Waals surface area contributed by atoms with Crippen LogP contribution < -0.4 is 10.6 Å². The molecule has 0 saturated carbocycles. The largest absolute Gasteiger partial charge is 0.432 e. The van der Waals surface area contributed by atoms with E-state index < -0.39 is 0 Å². The molecule has 5 nitrogen and oxygen atoms in total. The van der Waals surface area contributed by atoms with Gasteiger partial charge in [0, 0.05) is 0 Å². The fourth-order valence-electron chi connectivity index (χ4n) is 1.78. The van der Waals surface area contributed by atoms with Crippen molar-refractivity contribution in [1.82, 2.24) is 10.3 Å². The fraction of sp³-hybridized carbons (Fsp3) is 0.600. The van der Waals surface area contributed by atoms with Crippen LogP contribution in [0.25, 0.3) is 0 Å². The van der Waals surface area contributed by atoms with Gasteiger partial charge in [-0.25, -0.2) is 0 Å². The first-order valence-corrected chi connectivity index (χ1v) is 5.13. The highest BCUT2D eigenvalue weighted by Crippen LogP contribution is 2.16. The van der Waals surface area contributed by atoms with Crippen LogP contribution in [0.2, 0.25) is 0 Å². The molecule has 0 bridgehead atoms. The lowest BCUT2D eigenvalue weighted by molar-refractivity contribution is -0.118. The summed E-state index contributed by atoms with van der Waals surface area (Å²) in [6.07, 6.45) is 2.55. The zero-order valence-corrected chi connectivity index (χ0v) is 8.91. The molecule has 1 aliphatic heterocycles. The Hall–Kier alpha value is -1.36. The standard InChI is InChI=1S/C10H15N3O2/c1-6-3-4-11-8(6)9(14)13-10-12-7(2)5-15-10/h5-6,8,11H,3-4H2,1-2H3,(H,12,13,14). The molecule has 0 spiro atoms. The summed E-state index contributed by atoms with van der Waals surface area (Å²) < 4.78 is 5.06. The van der Waals surface area contributed by atoms with Crippen molar-refractivity contribution in [2.45, 2.75) is 26.3 Å². The molecule has 0 aliphatic carbocycles. The van der Waals surface area contributed by atoms with Crippen LogP contribution in [0.5, 0.6) is 0 Å². The molecule has 1 aromatic heterocycles. The lowest BCUT2D eigenvalue weighted by Gasteiger charge is -2.13. The number of hydrogen-bond acceptors (Lipinski definition) is 4. The number of aryl methyl sites for hydroxylation is 1. The lowest BCUT2D eigenvalue weighted by atomic mass is 10.0. The minimum Gasteiger partial charge on any atom is -0.432 e. The maximum Gasteiger partial charge on any atom is 0.301 e. The van der Waals surface area contributed by atoms with E-state index in [1.807, 2.05) is 6.92 Å². The van der Waals surface area contributed by atoms with E-state index >= 15 is 0 Å². The van der Waals surface area contributed by atoms with Gasteiger partial charge in [0.15, 0.2) is 0 Å².